The van der Waals surface area contributed by atoms with Crippen molar-refractivity contribution in [2.24, 2.45) is 5.41 Å². The Bertz CT molecular complexity index is 638. The summed E-state index contributed by atoms with van der Waals surface area (Å²) in [5, 5.41) is 0. The van der Waals surface area contributed by atoms with E-state index in [0.29, 0.717) is 13.0 Å². The molecule has 0 N–H and O–H groups in total. The predicted octanol–water partition coefficient (Wildman–Crippen LogP) is 2.89. The number of hydrogen-bond donors (Lipinski definition) is 0. The van der Waals surface area contributed by atoms with Crippen molar-refractivity contribution in [3.8, 4) is 0 Å². The lowest BCUT2D eigenvalue weighted by molar-refractivity contribution is -0.148. The second-order valence-electron chi connectivity index (χ2n) is 7.97. The van der Waals surface area contributed by atoms with Gasteiger partial charge in [0.25, 0.3) is 5.91 Å². The molecule has 0 aliphatic carbocycles. The van der Waals surface area contributed by atoms with Crippen LogP contribution in [-0.4, -0.2) is 60.5 Å². The minimum atomic E-state index is -0.362. The van der Waals surface area contributed by atoms with Crippen LogP contribution < -0.4 is 0 Å². The molecule has 0 aromatic heterocycles. The second-order valence-corrected chi connectivity index (χ2v) is 7.97. The Kier molecular flexibility index (Phi) is 6.53. The van der Waals surface area contributed by atoms with Crippen molar-refractivity contribution in [3.63, 3.8) is 0 Å². The van der Waals surface area contributed by atoms with Gasteiger partial charge in [0.1, 0.15) is 6.10 Å². The standard InChI is InChI=1S/C22H32N2O3/c1-3-27-18(2)21(26)23-15-12-22(13-16-23)11-9-20(25)24(17-22)14-10-19-7-5-4-6-8-19/h4-8,18H,3,9-17H2,1-2H3/t18-/m1/s1. The van der Waals surface area contributed by atoms with Gasteiger partial charge >= 0.3 is 0 Å². The second kappa shape index (κ2) is 8.87. The van der Waals surface area contributed by atoms with Crippen molar-refractivity contribution in [2.75, 3.05) is 32.8 Å². The molecule has 1 aromatic rings. The van der Waals surface area contributed by atoms with Gasteiger partial charge in [0.2, 0.25) is 5.91 Å². The first-order chi connectivity index (χ1) is 13.0. The third-order valence-electron chi connectivity index (χ3n) is 6.16. The zero-order chi connectivity index (χ0) is 19.3. The van der Waals surface area contributed by atoms with E-state index in [-0.39, 0.29) is 23.3 Å². The quantitative estimate of drug-likeness (QED) is 0.771. The van der Waals surface area contributed by atoms with Crippen LogP contribution in [0.5, 0.6) is 0 Å². The number of nitrogens with zero attached hydrogens (tertiary/aromatic N) is 2. The zero-order valence-electron chi connectivity index (χ0n) is 16.7. The molecule has 2 aliphatic rings. The van der Waals surface area contributed by atoms with E-state index >= 15 is 0 Å². The molecular weight excluding hydrogens is 340 g/mol. The number of rotatable bonds is 6. The van der Waals surface area contributed by atoms with Crippen molar-refractivity contribution < 1.29 is 14.3 Å². The maximum atomic E-state index is 12.5. The molecule has 5 nitrogen and oxygen atoms in total. The molecule has 2 aliphatic heterocycles. The van der Waals surface area contributed by atoms with E-state index < -0.39 is 0 Å². The third kappa shape index (κ3) is 4.89. The Balaban J connectivity index is 1.54. The number of ether oxygens (including phenoxy) is 1. The minimum absolute atomic E-state index is 0.0968. The van der Waals surface area contributed by atoms with E-state index in [1.54, 1.807) is 0 Å². The highest BCUT2D eigenvalue weighted by atomic mass is 16.5. The summed E-state index contributed by atoms with van der Waals surface area (Å²) in [6, 6.07) is 10.4. The van der Waals surface area contributed by atoms with Gasteiger partial charge in [-0.15, -0.1) is 0 Å². The Labute approximate surface area is 162 Å². The van der Waals surface area contributed by atoms with Crippen molar-refractivity contribution in [1.29, 1.82) is 0 Å². The summed E-state index contributed by atoms with van der Waals surface area (Å²) < 4.78 is 5.45. The minimum Gasteiger partial charge on any atom is -0.369 e. The first-order valence-electron chi connectivity index (χ1n) is 10.2. The van der Waals surface area contributed by atoms with Crippen molar-refractivity contribution in [2.45, 2.75) is 52.1 Å². The monoisotopic (exact) mass is 372 g/mol. The SMILES string of the molecule is CCO[C@H](C)C(=O)N1CCC2(CCC(=O)N(CCc3ccccc3)C2)CC1. The zero-order valence-corrected chi connectivity index (χ0v) is 16.7. The summed E-state index contributed by atoms with van der Waals surface area (Å²) in [4.78, 5) is 28.9. The molecule has 1 spiro atoms. The van der Waals surface area contributed by atoms with Gasteiger partial charge in [-0.2, -0.15) is 0 Å². The van der Waals surface area contributed by atoms with Crippen LogP contribution in [0.1, 0.15) is 45.1 Å². The highest BCUT2D eigenvalue weighted by Gasteiger charge is 2.41. The molecule has 0 radical (unpaired) electrons. The van der Waals surface area contributed by atoms with Crippen LogP contribution >= 0.6 is 0 Å². The van der Waals surface area contributed by atoms with Gasteiger partial charge in [0.15, 0.2) is 0 Å². The number of carbonyl (C=O) groups is 2. The molecule has 2 heterocycles. The molecular formula is C22H32N2O3. The molecule has 0 unspecified atom stereocenters. The fourth-order valence-electron chi connectivity index (χ4n) is 4.40. The average Bonchev–Trinajstić information content (AvgIpc) is 2.70. The van der Waals surface area contributed by atoms with Crippen LogP contribution in [0, 0.1) is 5.41 Å². The van der Waals surface area contributed by atoms with Crippen LogP contribution in [0.15, 0.2) is 30.3 Å². The average molecular weight is 373 g/mol. The first kappa shape index (κ1) is 19.9. The lowest BCUT2D eigenvalue weighted by Gasteiger charge is -2.47. The largest absolute Gasteiger partial charge is 0.369 e. The maximum Gasteiger partial charge on any atom is 0.251 e. The topological polar surface area (TPSA) is 49.9 Å². The van der Waals surface area contributed by atoms with E-state index in [1.807, 2.05) is 36.9 Å². The van der Waals surface area contributed by atoms with Crippen LogP contribution in [0.3, 0.4) is 0 Å². The molecule has 1 atom stereocenters. The van der Waals surface area contributed by atoms with E-state index in [1.165, 1.54) is 5.56 Å². The van der Waals surface area contributed by atoms with E-state index in [2.05, 4.69) is 17.0 Å². The van der Waals surface area contributed by atoms with Gasteiger partial charge < -0.3 is 14.5 Å². The van der Waals surface area contributed by atoms with Crippen LogP contribution in [-0.2, 0) is 20.7 Å². The number of hydrogen-bond acceptors (Lipinski definition) is 3. The summed E-state index contributed by atoms with van der Waals surface area (Å²) in [5.74, 6) is 0.375. The van der Waals surface area contributed by atoms with E-state index in [0.717, 1.165) is 51.9 Å². The Hall–Kier alpha value is -1.88. The molecule has 2 amide bonds. The van der Waals surface area contributed by atoms with Crippen molar-refractivity contribution >= 4 is 11.8 Å². The Morgan fingerprint density at radius 1 is 1.19 bits per heavy atom. The van der Waals surface area contributed by atoms with Crippen LogP contribution in [0.2, 0.25) is 0 Å². The number of benzene rings is 1. The van der Waals surface area contributed by atoms with Crippen LogP contribution in [0.4, 0.5) is 0 Å². The highest BCUT2D eigenvalue weighted by Crippen LogP contribution is 2.40. The predicted molar refractivity (Wildman–Crippen MR) is 105 cm³/mol. The lowest BCUT2D eigenvalue weighted by atomic mass is 9.72. The molecule has 3 rings (SSSR count). The fourth-order valence-corrected chi connectivity index (χ4v) is 4.40. The number of amides is 2. The molecule has 5 heteroatoms. The normalized spacial score (nSPS) is 20.7. The van der Waals surface area contributed by atoms with Crippen LogP contribution in [0.25, 0.3) is 0 Å². The summed E-state index contributed by atoms with van der Waals surface area (Å²) in [7, 11) is 0. The Morgan fingerprint density at radius 2 is 1.89 bits per heavy atom. The van der Waals surface area contributed by atoms with Crippen molar-refractivity contribution in [3.05, 3.63) is 35.9 Å². The van der Waals surface area contributed by atoms with Gasteiger partial charge in [-0.25, -0.2) is 0 Å². The van der Waals surface area contributed by atoms with Gasteiger partial charge in [0, 0.05) is 39.2 Å². The summed E-state index contributed by atoms with van der Waals surface area (Å²) in [6.07, 6.45) is 4.09. The molecule has 1 aromatic carbocycles. The number of likely N-dealkylation sites (tertiary alicyclic amines) is 2. The summed E-state index contributed by atoms with van der Waals surface area (Å²) in [6.45, 7) is 7.48. The highest BCUT2D eigenvalue weighted by molar-refractivity contribution is 5.80. The van der Waals surface area contributed by atoms with Gasteiger partial charge in [-0.3, -0.25) is 9.59 Å². The molecule has 0 bridgehead atoms. The third-order valence-corrected chi connectivity index (χ3v) is 6.16. The Morgan fingerprint density at radius 3 is 2.56 bits per heavy atom. The van der Waals surface area contributed by atoms with E-state index in [9.17, 15) is 9.59 Å². The number of carbonyl (C=O) groups excluding carboxylic acids is 2. The van der Waals surface area contributed by atoms with Gasteiger partial charge in [0.05, 0.1) is 0 Å². The van der Waals surface area contributed by atoms with Crippen molar-refractivity contribution in [1.82, 2.24) is 9.80 Å². The maximum absolute atomic E-state index is 12.5. The number of piperidine rings is 2. The fraction of sp³-hybridized carbons (Fsp3) is 0.636. The smallest absolute Gasteiger partial charge is 0.251 e. The van der Waals surface area contributed by atoms with Gasteiger partial charge in [-0.05, 0) is 50.5 Å². The first-order valence-corrected chi connectivity index (χ1v) is 10.2. The summed E-state index contributed by atoms with van der Waals surface area (Å²) >= 11 is 0. The molecule has 2 fully saturated rings. The van der Waals surface area contributed by atoms with Gasteiger partial charge in [-0.1, -0.05) is 30.3 Å². The lowest BCUT2D eigenvalue weighted by Crippen LogP contribution is -2.53. The molecule has 0 saturated carbocycles. The molecule has 27 heavy (non-hydrogen) atoms. The molecule has 148 valence electrons. The molecule has 2 saturated heterocycles. The summed E-state index contributed by atoms with van der Waals surface area (Å²) in [5.41, 5.74) is 1.45. The van der Waals surface area contributed by atoms with E-state index in [4.69, 9.17) is 4.74 Å².